The van der Waals surface area contributed by atoms with Crippen LogP contribution in [-0.4, -0.2) is 47.7 Å². The van der Waals surface area contributed by atoms with E-state index >= 15 is 4.39 Å². The van der Waals surface area contributed by atoms with Crippen LogP contribution in [0.2, 0.25) is 0 Å². The first kappa shape index (κ1) is 25.2. The summed E-state index contributed by atoms with van der Waals surface area (Å²) in [6, 6.07) is 11.3. The number of halogens is 1. The van der Waals surface area contributed by atoms with Crippen LogP contribution in [0.5, 0.6) is 5.75 Å². The first-order valence-electron chi connectivity index (χ1n) is 12.0. The molecule has 35 heavy (non-hydrogen) atoms. The van der Waals surface area contributed by atoms with Crippen LogP contribution in [0.25, 0.3) is 10.9 Å². The largest absolute Gasteiger partial charge is 0.497 e. The molecule has 0 spiro atoms. The fourth-order valence-corrected chi connectivity index (χ4v) is 5.68. The highest BCUT2D eigenvalue weighted by molar-refractivity contribution is 7.12. The Kier molecular flexibility index (Phi) is 8.37. The normalized spacial score (nSPS) is 19.2. The number of thiophene rings is 1. The highest BCUT2D eigenvalue weighted by Crippen LogP contribution is 2.36. The van der Waals surface area contributed by atoms with E-state index in [0.29, 0.717) is 37.2 Å². The van der Waals surface area contributed by atoms with Crippen LogP contribution < -0.4 is 4.74 Å². The Bertz CT molecular complexity index is 1230. The van der Waals surface area contributed by atoms with E-state index in [1.807, 2.05) is 24.3 Å². The lowest BCUT2D eigenvalue weighted by Gasteiger charge is -2.37. The molecule has 0 bridgehead atoms. The number of hydrogen-bond donors (Lipinski definition) is 1. The van der Waals surface area contributed by atoms with Crippen LogP contribution in [0.4, 0.5) is 4.39 Å². The summed E-state index contributed by atoms with van der Waals surface area (Å²) in [7, 11) is 1.59. The first-order chi connectivity index (χ1) is 16.9. The number of aryl methyl sites for hydroxylation is 1. The van der Waals surface area contributed by atoms with Gasteiger partial charge in [0.25, 0.3) is 0 Å². The van der Waals surface area contributed by atoms with Crippen LogP contribution in [0.3, 0.4) is 0 Å². The van der Waals surface area contributed by atoms with E-state index in [4.69, 9.17) is 4.74 Å². The number of alkyl halides is 1. The van der Waals surface area contributed by atoms with Crippen molar-refractivity contribution in [2.45, 2.75) is 38.8 Å². The molecular formula is C28H31FN2O3S. The number of fused-ring (bicyclic) bond motifs is 1. The molecule has 184 valence electrons. The number of ether oxygens (including phenoxy) is 1. The van der Waals surface area contributed by atoms with Crippen molar-refractivity contribution < 1.29 is 19.0 Å². The number of pyridine rings is 1. The molecule has 1 aliphatic heterocycles. The molecule has 3 aromatic rings. The average molecular weight is 495 g/mol. The van der Waals surface area contributed by atoms with Crippen LogP contribution >= 0.6 is 11.3 Å². The zero-order chi connectivity index (χ0) is 24.8. The van der Waals surface area contributed by atoms with Gasteiger partial charge in [-0.25, -0.2) is 4.39 Å². The molecule has 3 atom stereocenters. The Labute approximate surface area is 209 Å². The average Bonchev–Trinajstić information content (AvgIpc) is 3.27. The number of nitrogens with zero attached hydrogens (tertiary/aromatic N) is 2. The predicted octanol–water partition coefficient (Wildman–Crippen LogP) is 5.87. The Morgan fingerprint density at radius 3 is 2.91 bits per heavy atom. The number of aromatic nitrogens is 1. The molecule has 4 rings (SSSR count). The van der Waals surface area contributed by atoms with Gasteiger partial charge in [0, 0.05) is 29.4 Å². The third kappa shape index (κ3) is 6.59. The predicted molar refractivity (Wildman–Crippen MR) is 138 cm³/mol. The highest BCUT2D eigenvalue weighted by atomic mass is 32.1. The Morgan fingerprint density at radius 2 is 2.17 bits per heavy atom. The van der Waals surface area contributed by atoms with Crippen LogP contribution in [0.15, 0.2) is 42.6 Å². The van der Waals surface area contributed by atoms with Gasteiger partial charge in [0.1, 0.15) is 11.9 Å². The molecule has 0 radical (unpaired) electrons. The van der Waals surface area contributed by atoms with E-state index in [9.17, 15) is 9.90 Å². The second-order valence-corrected chi connectivity index (χ2v) is 10.5. The fraction of sp³-hybridized carbons (Fsp3) is 0.429. The Morgan fingerprint density at radius 1 is 1.31 bits per heavy atom. The molecule has 2 aromatic heterocycles. The van der Waals surface area contributed by atoms with Gasteiger partial charge in [-0.3, -0.25) is 14.7 Å². The lowest BCUT2D eigenvalue weighted by molar-refractivity contribution is -0.139. The summed E-state index contributed by atoms with van der Waals surface area (Å²) in [5.41, 5.74) is 1.35. The molecule has 7 heteroatoms. The highest BCUT2D eigenvalue weighted by Gasteiger charge is 2.31. The van der Waals surface area contributed by atoms with Gasteiger partial charge in [-0.15, -0.1) is 11.3 Å². The maximum atomic E-state index is 15.4. The van der Waals surface area contributed by atoms with Crippen LogP contribution in [0.1, 0.15) is 47.2 Å². The number of carbonyl (C=O) groups is 1. The molecule has 1 saturated heterocycles. The topological polar surface area (TPSA) is 62.7 Å². The van der Waals surface area contributed by atoms with Crippen LogP contribution in [-0.2, 0) is 4.79 Å². The Hall–Kier alpha value is -2.95. The zero-order valence-corrected chi connectivity index (χ0v) is 21.0. The second-order valence-electron chi connectivity index (χ2n) is 9.18. The maximum Gasteiger partial charge on any atom is 0.303 e. The third-order valence-corrected chi connectivity index (χ3v) is 7.69. The summed E-state index contributed by atoms with van der Waals surface area (Å²) in [5.74, 6) is 6.48. The molecule has 0 aliphatic carbocycles. The van der Waals surface area contributed by atoms with Crippen molar-refractivity contribution in [3.63, 3.8) is 0 Å². The summed E-state index contributed by atoms with van der Waals surface area (Å²) < 4.78 is 20.7. The zero-order valence-electron chi connectivity index (χ0n) is 20.2. The number of benzene rings is 1. The lowest BCUT2D eigenvalue weighted by Crippen LogP contribution is -2.41. The number of carboxylic acid groups (broad SMARTS) is 1. The first-order valence-corrected chi connectivity index (χ1v) is 12.8. The van der Waals surface area contributed by atoms with Crippen LogP contribution in [0, 0.1) is 30.6 Å². The molecule has 1 aromatic carbocycles. The van der Waals surface area contributed by atoms with Gasteiger partial charge in [0.2, 0.25) is 0 Å². The molecular weight excluding hydrogens is 463 g/mol. The minimum atomic E-state index is -1.14. The minimum absolute atomic E-state index is 0.00601. The summed E-state index contributed by atoms with van der Waals surface area (Å²) in [5, 5.41) is 10.2. The number of piperidine rings is 1. The second kappa shape index (κ2) is 11.7. The van der Waals surface area contributed by atoms with Crippen molar-refractivity contribution >= 4 is 28.2 Å². The van der Waals surface area contributed by atoms with Gasteiger partial charge in [0.05, 0.1) is 24.0 Å². The molecule has 0 unspecified atom stereocenters. The molecule has 1 fully saturated rings. The molecule has 1 N–H and O–H groups in total. The van der Waals surface area contributed by atoms with Gasteiger partial charge in [-0.2, -0.15) is 0 Å². The van der Waals surface area contributed by atoms with Crippen molar-refractivity contribution in [2.75, 3.05) is 26.7 Å². The Balaban J connectivity index is 1.39. The van der Waals surface area contributed by atoms with Crippen molar-refractivity contribution in [1.82, 2.24) is 9.88 Å². The van der Waals surface area contributed by atoms with E-state index in [-0.39, 0.29) is 18.3 Å². The monoisotopic (exact) mass is 494 g/mol. The number of rotatable bonds is 8. The van der Waals surface area contributed by atoms with E-state index < -0.39 is 12.1 Å². The van der Waals surface area contributed by atoms with E-state index in [1.54, 1.807) is 30.7 Å². The molecule has 5 nitrogen and oxygen atoms in total. The summed E-state index contributed by atoms with van der Waals surface area (Å²) in [4.78, 5) is 20.4. The smallest absolute Gasteiger partial charge is 0.303 e. The molecule has 0 saturated carbocycles. The number of likely N-dealkylation sites (tertiary alicyclic amines) is 1. The summed E-state index contributed by atoms with van der Waals surface area (Å²) in [6.45, 7) is 4.22. The quantitative estimate of drug-likeness (QED) is 0.397. The van der Waals surface area contributed by atoms with Crippen molar-refractivity contribution in [1.29, 1.82) is 0 Å². The van der Waals surface area contributed by atoms with Gasteiger partial charge >= 0.3 is 5.97 Å². The summed E-state index contributed by atoms with van der Waals surface area (Å²) in [6.07, 6.45) is 2.47. The van der Waals surface area contributed by atoms with E-state index in [1.165, 1.54) is 4.88 Å². The van der Waals surface area contributed by atoms with E-state index in [0.717, 1.165) is 28.7 Å². The van der Waals surface area contributed by atoms with Crippen molar-refractivity contribution in [3.05, 3.63) is 57.9 Å². The number of hydrogen-bond acceptors (Lipinski definition) is 5. The van der Waals surface area contributed by atoms with E-state index in [2.05, 4.69) is 34.7 Å². The van der Waals surface area contributed by atoms with Gasteiger partial charge in [-0.05, 0) is 86.5 Å². The third-order valence-electron chi connectivity index (χ3n) is 6.78. The van der Waals surface area contributed by atoms with Crippen molar-refractivity contribution in [2.24, 2.45) is 11.8 Å². The van der Waals surface area contributed by atoms with Crippen molar-refractivity contribution in [3.8, 4) is 17.6 Å². The SMILES string of the molecule is COc1ccc2nccc([C@H](F)CC[C@@H]3CCN(CC#Cc4ccc(C)s4)C[C@@H]3CC(=O)O)c2c1. The van der Waals surface area contributed by atoms with Gasteiger partial charge in [-0.1, -0.05) is 11.8 Å². The molecule has 0 amide bonds. The maximum absolute atomic E-state index is 15.4. The standard InChI is InChI=1S/C28H31FN2O3S/c1-19-5-8-23(35-19)4-3-14-31-15-12-20(21(18-31)16-28(32)33)6-9-26(29)24-11-13-30-27-10-7-22(34-2)17-25(24)27/h5,7-8,10-11,13,17,20-21,26H,6,9,12,14-16,18H2,1-2H3,(H,32,33)/t20-,21+,26-/m1/s1. The lowest BCUT2D eigenvalue weighted by atomic mass is 9.79. The van der Waals surface area contributed by atoms with Gasteiger partial charge < -0.3 is 9.84 Å². The fourth-order valence-electron chi connectivity index (χ4n) is 4.94. The van der Waals surface area contributed by atoms with Gasteiger partial charge in [0.15, 0.2) is 0 Å². The number of carboxylic acids is 1. The molecule has 1 aliphatic rings. The number of methoxy groups -OCH3 is 1. The molecule has 3 heterocycles. The number of aliphatic carboxylic acids is 1. The summed E-state index contributed by atoms with van der Waals surface area (Å²) >= 11 is 1.68. The minimum Gasteiger partial charge on any atom is -0.497 e.